The highest BCUT2D eigenvalue weighted by Gasteiger charge is 2.39. The molecule has 1 saturated heterocycles. The van der Waals surface area contributed by atoms with Gasteiger partial charge in [0.05, 0.1) is 26.1 Å². The normalized spacial score (nSPS) is 18.4. The van der Waals surface area contributed by atoms with Crippen LogP contribution >= 0.6 is 0 Å². The number of carbonyl (C=O) groups excluding carboxylic acids is 1. The number of imidazole rings is 1. The SMILES string of the molecule is C=C/C=C(\C=C/C)C(=O)Nc1ncnc2c1ncn2C1CCC(COC(/C(C)=C/C=C)(c2ccccc2)c2ccc(OC)cc2)O1. The van der Waals surface area contributed by atoms with Crippen LogP contribution in [0.15, 0.2) is 128 Å². The second-order valence-electron chi connectivity index (χ2n) is 10.8. The molecule has 0 bridgehead atoms. The zero-order valence-electron chi connectivity index (χ0n) is 26.4. The molecule has 3 unspecified atom stereocenters. The van der Waals surface area contributed by atoms with Gasteiger partial charge in [-0.25, -0.2) is 15.0 Å². The van der Waals surface area contributed by atoms with Gasteiger partial charge in [0.2, 0.25) is 0 Å². The summed E-state index contributed by atoms with van der Waals surface area (Å²) in [5.41, 5.74) is 3.57. The van der Waals surface area contributed by atoms with Gasteiger partial charge in [-0.15, -0.1) is 0 Å². The van der Waals surface area contributed by atoms with Gasteiger partial charge in [-0.3, -0.25) is 9.36 Å². The Kier molecular flexibility index (Phi) is 10.4. The number of amides is 1. The Morgan fingerprint density at radius 1 is 1.04 bits per heavy atom. The molecule has 1 aliphatic rings. The lowest BCUT2D eigenvalue weighted by atomic mass is 9.80. The highest BCUT2D eigenvalue weighted by molar-refractivity contribution is 6.08. The van der Waals surface area contributed by atoms with Gasteiger partial charge in [-0.1, -0.05) is 92.1 Å². The fourth-order valence-corrected chi connectivity index (χ4v) is 5.77. The monoisotopic (exact) mass is 617 g/mol. The largest absolute Gasteiger partial charge is 0.497 e. The summed E-state index contributed by atoms with van der Waals surface area (Å²) < 4.78 is 20.8. The van der Waals surface area contributed by atoms with E-state index in [0.29, 0.717) is 29.2 Å². The Morgan fingerprint density at radius 2 is 1.78 bits per heavy atom. The average Bonchev–Trinajstić information content (AvgIpc) is 3.74. The first-order valence-electron chi connectivity index (χ1n) is 15.2. The van der Waals surface area contributed by atoms with E-state index in [9.17, 15) is 4.79 Å². The minimum Gasteiger partial charge on any atom is -0.497 e. The summed E-state index contributed by atoms with van der Waals surface area (Å²) in [6.45, 7) is 11.9. The smallest absolute Gasteiger partial charge is 0.256 e. The average molecular weight is 618 g/mol. The molecule has 1 aliphatic heterocycles. The lowest BCUT2D eigenvalue weighted by Crippen LogP contribution is -2.35. The fraction of sp³-hybridized carbons (Fsp3) is 0.243. The van der Waals surface area contributed by atoms with E-state index in [1.54, 1.807) is 43.8 Å². The van der Waals surface area contributed by atoms with Crippen LogP contribution in [0.2, 0.25) is 0 Å². The van der Waals surface area contributed by atoms with Crippen LogP contribution in [0, 0.1) is 0 Å². The maximum Gasteiger partial charge on any atom is 0.256 e. The van der Waals surface area contributed by atoms with Gasteiger partial charge < -0.3 is 19.5 Å². The summed E-state index contributed by atoms with van der Waals surface area (Å²) in [5.74, 6) is 0.771. The third-order valence-electron chi connectivity index (χ3n) is 7.98. The summed E-state index contributed by atoms with van der Waals surface area (Å²) in [4.78, 5) is 26.2. The van der Waals surface area contributed by atoms with Gasteiger partial charge in [0.25, 0.3) is 5.91 Å². The molecule has 2 aromatic carbocycles. The van der Waals surface area contributed by atoms with Crippen LogP contribution in [0.4, 0.5) is 5.82 Å². The maximum absolute atomic E-state index is 12.9. The van der Waals surface area contributed by atoms with Gasteiger partial charge in [0, 0.05) is 5.57 Å². The van der Waals surface area contributed by atoms with Gasteiger partial charge >= 0.3 is 0 Å². The molecule has 3 atom stereocenters. The summed E-state index contributed by atoms with van der Waals surface area (Å²) in [6, 6.07) is 18.1. The van der Waals surface area contributed by atoms with Crippen LogP contribution in [0.25, 0.3) is 11.2 Å². The van der Waals surface area contributed by atoms with Gasteiger partial charge in [-0.2, -0.15) is 0 Å². The number of rotatable bonds is 13. The Bertz CT molecular complexity index is 1770. The van der Waals surface area contributed by atoms with E-state index < -0.39 is 5.60 Å². The van der Waals surface area contributed by atoms with Crippen molar-refractivity contribution >= 4 is 22.9 Å². The van der Waals surface area contributed by atoms with Crippen LogP contribution < -0.4 is 10.1 Å². The molecule has 1 amide bonds. The van der Waals surface area contributed by atoms with E-state index >= 15 is 0 Å². The molecule has 46 heavy (non-hydrogen) atoms. The fourth-order valence-electron chi connectivity index (χ4n) is 5.77. The Hall–Kier alpha value is -5.12. The number of allylic oxidation sites excluding steroid dienone is 5. The molecule has 3 heterocycles. The third-order valence-corrected chi connectivity index (χ3v) is 7.98. The standard InChI is InChI=1S/C37H39N5O4/c1-6-12-26(4)37(28-15-10-9-11-16-28,29-17-19-30(44-5)20-18-29)45-23-31-21-22-32(46-31)42-25-40-33-34(38-24-39-35(33)42)41-36(43)27(13-7-2)14-8-3/h6-20,24-25,31-32H,1-2,21-23H2,3-5H3,(H,38,39,41,43)/b14-8-,26-12+,27-13+. The van der Waals surface area contributed by atoms with Gasteiger partial charge in [-0.05, 0) is 55.5 Å². The molecular weight excluding hydrogens is 578 g/mol. The molecule has 0 spiro atoms. The minimum atomic E-state index is -0.878. The molecule has 4 aromatic rings. The highest BCUT2D eigenvalue weighted by atomic mass is 16.6. The van der Waals surface area contributed by atoms with Crippen LogP contribution in [0.1, 0.15) is 44.0 Å². The number of nitrogens with zero attached hydrogens (tertiary/aromatic N) is 4. The molecule has 0 radical (unpaired) electrons. The highest BCUT2D eigenvalue weighted by Crippen LogP contribution is 2.42. The van der Waals surface area contributed by atoms with Crippen molar-refractivity contribution in [3.05, 3.63) is 139 Å². The lowest BCUT2D eigenvalue weighted by Gasteiger charge is -2.37. The molecule has 9 nitrogen and oxygen atoms in total. The van der Waals surface area contributed by atoms with Crippen molar-refractivity contribution < 1.29 is 19.0 Å². The second kappa shape index (κ2) is 14.8. The maximum atomic E-state index is 12.9. The number of hydrogen-bond acceptors (Lipinski definition) is 7. The van der Waals surface area contributed by atoms with Gasteiger partial charge in [0.15, 0.2) is 17.0 Å². The van der Waals surface area contributed by atoms with Gasteiger partial charge in [0.1, 0.15) is 23.9 Å². The van der Waals surface area contributed by atoms with E-state index in [1.807, 2.05) is 60.0 Å². The van der Waals surface area contributed by atoms with Crippen molar-refractivity contribution in [1.82, 2.24) is 19.5 Å². The topological polar surface area (TPSA) is 100 Å². The number of benzene rings is 2. The van der Waals surface area contributed by atoms with E-state index in [0.717, 1.165) is 35.3 Å². The molecule has 1 fully saturated rings. The van der Waals surface area contributed by atoms with Crippen molar-refractivity contribution in [3.63, 3.8) is 0 Å². The van der Waals surface area contributed by atoms with Crippen molar-refractivity contribution in [2.45, 2.75) is 44.6 Å². The van der Waals surface area contributed by atoms with E-state index in [4.69, 9.17) is 14.2 Å². The van der Waals surface area contributed by atoms with Crippen molar-refractivity contribution in [3.8, 4) is 5.75 Å². The molecule has 0 aliphatic carbocycles. The number of anilines is 1. The van der Waals surface area contributed by atoms with Crippen LogP contribution in [-0.4, -0.2) is 45.2 Å². The predicted octanol–water partition coefficient (Wildman–Crippen LogP) is 7.23. The van der Waals surface area contributed by atoms with Crippen molar-refractivity contribution in [1.29, 1.82) is 0 Å². The Labute approximate surface area is 269 Å². The summed E-state index contributed by atoms with van der Waals surface area (Å²) in [5, 5.41) is 2.85. The Morgan fingerprint density at radius 3 is 2.48 bits per heavy atom. The van der Waals surface area contributed by atoms with Crippen molar-refractivity contribution in [2.24, 2.45) is 0 Å². The number of carbonyl (C=O) groups is 1. The first-order valence-corrected chi connectivity index (χ1v) is 15.2. The minimum absolute atomic E-state index is 0.186. The Balaban J connectivity index is 1.39. The second-order valence-corrected chi connectivity index (χ2v) is 10.8. The molecule has 5 rings (SSSR count). The zero-order valence-corrected chi connectivity index (χ0v) is 26.4. The first kappa shape index (κ1) is 32.3. The molecule has 2 aromatic heterocycles. The lowest BCUT2D eigenvalue weighted by molar-refractivity contribution is -0.112. The number of fused-ring (bicyclic) bond motifs is 1. The predicted molar refractivity (Wildman–Crippen MR) is 180 cm³/mol. The number of nitrogens with one attached hydrogen (secondary N) is 1. The third kappa shape index (κ3) is 6.61. The molecule has 9 heteroatoms. The zero-order chi connectivity index (χ0) is 32.5. The van der Waals surface area contributed by atoms with Crippen LogP contribution in [0.3, 0.4) is 0 Å². The molecular formula is C37H39N5O4. The molecule has 1 N–H and O–H groups in total. The van der Waals surface area contributed by atoms with E-state index in [-0.39, 0.29) is 18.2 Å². The van der Waals surface area contributed by atoms with Crippen LogP contribution in [-0.2, 0) is 19.9 Å². The first-order chi connectivity index (χ1) is 22.4. The molecule has 236 valence electrons. The van der Waals surface area contributed by atoms with Crippen LogP contribution in [0.5, 0.6) is 5.75 Å². The number of aromatic nitrogens is 4. The van der Waals surface area contributed by atoms with Crippen molar-refractivity contribution in [2.75, 3.05) is 19.0 Å². The van der Waals surface area contributed by atoms with E-state index in [2.05, 4.69) is 52.5 Å². The number of methoxy groups -OCH3 is 1. The summed E-state index contributed by atoms with van der Waals surface area (Å²) >= 11 is 0. The quantitative estimate of drug-likeness (QED) is 0.125. The number of hydrogen-bond donors (Lipinski definition) is 1. The van der Waals surface area contributed by atoms with E-state index in [1.165, 1.54) is 6.33 Å². The number of ether oxygens (including phenoxy) is 3. The summed E-state index contributed by atoms with van der Waals surface area (Å²) in [7, 11) is 1.65. The molecule has 0 saturated carbocycles. The summed E-state index contributed by atoms with van der Waals surface area (Å²) in [6.07, 6.45) is 14.6.